The summed E-state index contributed by atoms with van der Waals surface area (Å²) >= 11 is 6.00. The fraction of sp³-hybridized carbons (Fsp3) is 0.355. The lowest BCUT2D eigenvalue weighted by Crippen LogP contribution is -2.38. The Kier molecular flexibility index (Phi) is 8.38. The zero-order valence-electron chi connectivity index (χ0n) is 22.0. The molecule has 3 aromatic carbocycles. The van der Waals surface area contributed by atoms with Gasteiger partial charge in [0.05, 0.1) is 0 Å². The minimum Gasteiger partial charge on any atom is -0.406 e. The lowest BCUT2D eigenvalue weighted by molar-refractivity contribution is -0.274. The third-order valence-corrected chi connectivity index (χ3v) is 7.56. The molecule has 1 aliphatic rings. The van der Waals surface area contributed by atoms with E-state index in [0.29, 0.717) is 6.04 Å². The molecule has 1 aliphatic heterocycles. The molecule has 206 valence electrons. The van der Waals surface area contributed by atoms with Gasteiger partial charge in [-0.1, -0.05) is 43.1 Å². The van der Waals surface area contributed by atoms with Crippen LogP contribution in [-0.4, -0.2) is 35.0 Å². The standard InChI is InChI=1S/C31H33ClF3N3O/c1-2-3-16-38-21-29(23-5-11-27(12-6-23)39-31(33,34)35)28-19-22(4-13-30(28)38)20-37-17-14-26(15-18-37)36-25-9-7-24(32)8-10-25/h4-13,19,21,26,36H,2-3,14-18,20H2,1H3. The van der Waals surface area contributed by atoms with Gasteiger partial charge in [-0.05, 0) is 78.9 Å². The van der Waals surface area contributed by atoms with Crippen molar-refractivity contribution in [3.05, 3.63) is 83.5 Å². The fourth-order valence-electron chi connectivity index (χ4n) is 5.30. The SMILES string of the molecule is CCCCn1cc(-c2ccc(OC(F)(F)F)cc2)c2cc(CN3CCC(Nc4ccc(Cl)cc4)CC3)ccc21. The topological polar surface area (TPSA) is 29.4 Å². The van der Waals surface area contributed by atoms with Crippen LogP contribution in [0.25, 0.3) is 22.0 Å². The van der Waals surface area contributed by atoms with Gasteiger partial charge >= 0.3 is 6.36 Å². The Bertz CT molecular complexity index is 1380. The summed E-state index contributed by atoms with van der Waals surface area (Å²) in [7, 11) is 0. The summed E-state index contributed by atoms with van der Waals surface area (Å²) in [5, 5.41) is 5.48. The Morgan fingerprint density at radius 1 is 0.974 bits per heavy atom. The average molecular weight is 556 g/mol. The second-order valence-electron chi connectivity index (χ2n) is 10.2. The third kappa shape index (κ3) is 7.08. The van der Waals surface area contributed by atoms with Crippen LogP contribution in [0.1, 0.15) is 38.2 Å². The molecule has 0 saturated carbocycles. The first-order chi connectivity index (χ1) is 18.8. The fourth-order valence-corrected chi connectivity index (χ4v) is 5.42. The molecule has 4 aromatic rings. The number of nitrogens with one attached hydrogen (secondary N) is 1. The van der Waals surface area contributed by atoms with E-state index in [1.54, 1.807) is 12.1 Å². The van der Waals surface area contributed by atoms with Crippen LogP contribution >= 0.6 is 11.6 Å². The van der Waals surface area contributed by atoms with Gasteiger partial charge in [0.1, 0.15) is 5.75 Å². The van der Waals surface area contributed by atoms with Crippen LogP contribution in [0.2, 0.25) is 5.02 Å². The minimum absolute atomic E-state index is 0.212. The summed E-state index contributed by atoms with van der Waals surface area (Å²) in [5.41, 5.74) is 5.37. The molecule has 1 saturated heterocycles. The first kappa shape index (κ1) is 27.4. The van der Waals surface area contributed by atoms with Crippen LogP contribution in [0.3, 0.4) is 0 Å². The van der Waals surface area contributed by atoms with Gasteiger partial charge in [0.15, 0.2) is 0 Å². The summed E-state index contributed by atoms with van der Waals surface area (Å²) in [6.07, 6.45) is 1.69. The second kappa shape index (κ2) is 11.9. The Balaban J connectivity index is 1.31. The maximum atomic E-state index is 12.6. The van der Waals surface area contributed by atoms with Gasteiger partial charge < -0.3 is 14.6 Å². The molecule has 4 nitrogen and oxygen atoms in total. The molecule has 0 unspecified atom stereocenters. The largest absolute Gasteiger partial charge is 0.573 e. The van der Waals surface area contributed by atoms with E-state index in [1.165, 1.54) is 17.7 Å². The molecule has 1 fully saturated rings. The van der Waals surface area contributed by atoms with Crippen molar-refractivity contribution in [1.82, 2.24) is 9.47 Å². The van der Waals surface area contributed by atoms with Crippen molar-refractivity contribution in [2.45, 2.75) is 58.1 Å². The van der Waals surface area contributed by atoms with E-state index in [9.17, 15) is 13.2 Å². The Hall–Kier alpha value is -3.16. The van der Waals surface area contributed by atoms with Crippen LogP contribution < -0.4 is 10.1 Å². The maximum Gasteiger partial charge on any atom is 0.573 e. The summed E-state index contributed by atoms with van der Waals surface area (Å²) in [6.45, 7) is 5.94. The highest BCUT2D eigenvalue weighted by atomic mass is 35.5. The lowest BCUT2D eigenvalue weighted by atomic mass is 10.0. The first-order valence-electron chi connectivity index (χ1n) is 13.5. The van der Waals surface area contributed by atoms with Crippen molar-refractivity contribution in [3.63, 3.8) is 0 Å². The van der Waals surface area contributed by atoms with Crippen LogP contribution in [0.5, 0.6) is 5.75 Å². The Morgan fingerprint density at radius 2 is 1.69 bits per heavy atom. The number of ether oxygens (including phenoxy) is 1. The highest BCUT2D eigenvalue weighted by molar-refractivity contribution is 6.30. The Labute approximate surface area is 232 Å². The van der Waals surface area contributed by atoms with Gasteiger partial charge in [-0.15, -0.1) is 13.2 Å². The maximum absolute atomic E-state index is 12.6. The smallest absolute Gasteiger partial charge is 0.406 e. The number of aryl methyl sites for hydroxylation is 1. The molecule has 0 aliphatic carbocycles. The highest BCUT2D eigenvalue weighted by Gasteiger charge is 2.31. The summed E-state index contributed by atoms with van der Waals surface area (Å²) < 4.78 is 44.2. The molecule has 1 aromatic heterocycles. The van der Waals surface area contributed by atoms with Crippen molar-refractivity contribution in [2.24, 2.45) is 0 Å². The quantitative estimate of drug-likeness (QED) is 0.224. The summed E-state index contributed by atoms with van der Waals surface area (Å²) in [4.78, 5) is 2.48. The van der Waals surface area contributed by atoms with Crippen molar-refractivity contribution in [2.75, 3.05) is 18.4 Å². The van der Waals surface area contributed by atoms with Gasteiger partial charge in [-0.2, -0.15) is 0 Å². The Morgan fingerprint density at radius 3 is 2.36 bits per heavy atom. The number of unbranched alkanes of at least 4 members (excludes halogenated alkanes) is 1. The molecular formula is C31H33ClF3N3O. The van der Waals surface area contributed by atoms with E-state index in [2.05, 4.69) is 50.8 Å². The van der Waals surface area contributed by atoms with E-state index in [1.807, 2.05) is 24.3 Å². The van der Waals surface area contributed by atoms with Crippen molar-refractivity contribution >= 4 is 28.2 Å². The number of alkyl halides is 3. The number of piperidine rings is 1. The molecule has 0 atom stereocenters. The van der Waals surface area contributed by atoms with Gasteiger partial charge in [-0.25, -0.2) is 0 Å². The number of halogens is 4. The molecule has 0 spiro atoms. The monoisotopic (exact) mass is 555 g/mol. The normalized spacial score (nSPS) is 15.1. The van der Waals surface area contributed by atoms with E-state index in [-0.39, 0.29) is 5.75 Å². The van der Waals surface area contributed by atoms with Crippen LogP contribution in [-0.2, 0) is 13.1 Å². The summed E-state index contributed by atoms with van der Waals surface area (Å²) in [6, 6.07) is 21.1. The molecule has 0 radical (unpaired) electrons. The minimum atomic E-state index is -4.70. The number of rotatable bonds is 9. The number of hydrogen-bond acceptors (Lipinski definition) is 3. The van der Waals surface area contributed by atoms with Crippen molar-refractivity contribution in [1.29, 1.82) is 0 Å². The zero-order chi connectivity index (χ0) is 27.4. The predicted molar refractivity (Wildman–Crippen MR) is 152 cm³/mol. The molecule has 39 heavy (non-hydrogen) atoms. The molecule has 0 bridgehead atoms. The predicted octanol–water partition coefficient (Wildman–Crippen LogP) is 8.74. The number of benzene rings is 3. The van der Waals surface area contributed by atoms with E-state index in [0.717, 1.165) is 84.6 Å². The highest BCUT2D eigenvalue weighted by Crippen LogP contribution is 2.34. The number of aromatic nitrogens is 1. The molecular weight excluding hydrogens is 523 g/mol. The first-order valence-corrected chi connectivity index (χ1v) is 13.9. The third-order valence-electron chi connectivity index (χ3n) is 7.31. The van der Waals surface area contributed by atoms with E-state index < -0.39 is 6.36 Å². The van der Waals surface area contributed by atoms with E-state index in [4.69, 9.17) is 11.6 Å². The average Bonchev–Trinajstić information content (AvgIpc) is 3.27. The van der Waals surface area contributed by atoms with Crippen molar-refractivity contribution in [3.8, 4) is 16.9 Å². The molecule has 0 amide bonds. The molecule has 5 rings (SSSR count). The van der Waals surface area contributed by atoms with Gasteiger partial charge in [-0.3, -0.25) is 4.90 Å². The molecule has 8 heteroatoms. The molecule has 1 N–H and O–H groups in total. The number of likely N-dealkylation sites (tertiary alicyclic amines) is 1. The molecule has 2 heterocycles. The number of nitrogens with zero attached hydrogens (tertiary/aromatic N) is 2. The zero-order valence-corrected chi connectivity index (χ0v) is 22.7. The van der Waals surface area contributed by atoms with Gasteiger partial charge in [0, 0.05) is 65.6 Å². The lowest BCUT2D eigenvalue weighted by Gasteiger charge is -2.33. The van der Waals surface area contributed by atoms with Gasteiger partial charge in [0.2, 0.25) is 0 Å². The van der Waals surface area contributed by atoms with Gasteiger partial charge in [0.25, 0.3) is 0 Å². The van der Waals surface area contributed by atoms with Crippen LogP contribution in [0.4, 0.5) is 18.9 Å². The van der Waals surface area contributed by atoms with E-state index >= 15 is 0 Å². The number of anilines is 1. The number of fused-ring (bicyclic) bond motifs is 1. The van der Waals surface area contributed by atoms with Crippen LogP contribution in [0.15, 0.2) is 72.9 Å². The van der Waals surface area contributed by atoms with Crippen LogP contribution in [0, 0.1) is 0 Å². The second-order valence-corrected chi connectivity index (χ2v) is 10.7. The summed E-state index contributed by atoms with van der Waals surface area (Å²) in [5.74, 6) is -0.212. The van der Waals surface area contributed by atoms with Crippen molar-refractivity contribution < 1.29 is 17.9 Å². The number of hydrogen-bond donors (Lipinski definition) is 1.